The van der Waals surface area contributed by atoms with Gasteiger partial charge in [-0.15, -0.1) is 0 Å². The van der Waals surface area contributed by atoms with Gasteiger partial charge >= 0.3 is 5.97 Å². The molecule has 1 saturated carbocycles. The van der Waals surface area contributed by atoms with E-state index in [0.717, 1.165) is 18.9 Å². The van der Waals surface area contributed by atoms with Crippen molar-refractivity contribution in [2.75, 3.05) is 5.75 Å². The molecule has 0 aromatic heterocycles. The number of sulfonamides is 1. The molecule has 2 rings (SSSR count). The molecule has 2 N–H and O–H groups in total. The van der Waals surface area contributed by atoms with Gasteiger partial charge in [0.1, 0.15) is 5.82 Å². The smallest absolute Gasteiger partial charge is 0.328 e. The normalized spacial score (nSPS) is 15.5. The maximum absolute atomic E-state index is 13.6. The lowest BCUT2D eigenvalue weighted by Gasteiger charge is -2.08. The van der Waals surface area contributed by atoms with Crippen molar-refractivity contribution in [1.29, 1.82) is 0 Å². The zero-order valence-electron chi connectivity index (χ0n) is 11.3. The maximum atomic E-state index is 13.6. The van der Waals surface area contributed by atoms with Crippen LogP contribution < -0.4 is 4.72 Å². The molecule has 0 atom stereocenters. The standard InChI is InChI=1S/C14H16FNO4S/c15-13-5-3-10(4-6-14(17)18)7-12(13)8-16-21(19,20)9-11-1-2-11/h3-7,11,16H,1-2,8-9H2,(H,17,18). The van der Waals surface area contributed by atoms with E-state index in [-0.39, 0.29) is 23.8 Å². The van der Waals surface area contributed by atoms with E-state index in [2.05, 4.69) is 4.72 Å². The summed E-state index contributed by atoms with van der Waals surface area (Å²) in [6, 6.07) is 4.04. The summed E-state index contributed by atoms with van der Waals surface area (Å²) in [6.45, 7) is -0.143. The Hall–Kier alpha value is -1.73. The van der Waals surface area contributed by atoms with Gasteiger partial charge in [0, 0.05) is 18.2 Å². The summed E-state index contributed by atoms with van der Waals surface area (Å²) >= 11 is 0. The molecule has 0 saturated heterocycles. The Morgan fingerprint density at radius 3 is 2.76 bits per heavy atom. The summed E-state index contributed by atoms with van der Waals surface area (Å²) in [5, 5.41) is 8.55. The second-order valence-corrected chi connectivity index (χ2v) is 6.92. The molecule has 1 aromatic carbocycles. The topological polar surface area (TPSA) is 83.5 Å². The zero-order chi connectivity index (χ0) is 15.5. The number of rotatable bonds is 7. The van der Waals surface area contributed by atoms with E-state index >= 15 is 0 Å². The van der Waals surface area contributed by atoms with Crippen molar-refractivity contribution in [3.8, 4) is 0 Å². The van der Waals surface area contributed by atoms with Crippen LogP contribution in [0.2, 0.25) is 0 Å². The quantitative estimate of drug-likeness (QED) is 0.751. The van der Waals surface area contributed by atoms with Crippen molar-refractivity contribution in [2.24, 2.45) is 5.92 Å². The average Bonchev–Trinajstić information content (AvgIpc) is 3.19. The van der Waals surface area contributed by atoms with Crippen molar-refractivity contribution in [3.05, 3.63) is 41.2 Å². The van der Waals surface area contributed by atoms with Gasteiger partial charge in [-0.1, -0.05) is 6.07 Å². The first kappa shape index (κ1) is 15.7. The molecule has 1 aliphatic carbocycles. The summed E-state index contributed by atoms with van der Waals surface area (Å²) in [7, 11) is -3.40. The summed E-state index contributed by atoms with van der Waals surface area (Å²) in [5.74, 6) is -1.34. The number of carboxylic acids is 1. The van der Waals surface area contributed by atoms with Gasteiger partial charge in [-0.2, -0.15) is 0 Å². The lowest BCUT2D eigenvalue weighted by Crippen LogP contribution is -2.27. The molecule has 0 amide bonds. The number of carboxylic acid groups (broad SMARTS) is 1. The highest BCUT2D eigenvalue weighted by molar-refractivity contribution is 7.89. The molecule has 0 radical (unpaired) electrons. The number of aliphatic carboxylic acids is 1. The lowest BCUT2D eigenvalue weighted by atomic mass is 10.1. The van der Waals surface area contributed by atoms with Gasteiger partial charge in [0.05, 0.1) is 5.75 Å². The molecule has 0 unspecified atom stereocenters. The van der Waals surface area contributed by atoms with Gasteiger partial charge < -0.3 is 5.11 Å². The van der Waals surface area contributed by atoms with Gasteiger partial charge in [-0.25, -0.2) is 22.3 Å². The highest BCUT2D eigenvalue weighted by Crippen LogP contribution is 2.30. The van der Waals surface area contributed by atoms with E-state index in [1.807, 2.05) is 0 Å². The van der Waals surface area contributed by atoms with Crippen molar-refractivity contribution >= 4 is 22.1 Å². The number of hydrogen-bond donors (Lipinski definition) is 2. The molecule has 1 aliphatic rings. The summed E-state index contributed by atoms with van der Waals surface area (Å²) < 4.78 is 39.5. The Balaban J connectivity index is 2.04. The van der Waals surface area contributed by atoms with Gasteiger partial charge in [-0.05, 0) is 42.5 Å². The van der Waals surface area contributed by atoms with Crippen LogP contribution in [0.1, 0.15) is 24.0 Å². The molecular formula is C14H16FNO4S. The van der Waals surface area contributed by atoms with Crippen LogP contribution in [-0.4, -0.2) is 25.2 Å². The second-order valence-electron chi connectivity index (χ2n) is 5.07. The van der Waals surface area contributed by atoms with Crippen LogP contribution in [0.3, 0.4) is 0 Å². The van der Waals surface area contributed by atoms with E-state index in [9.17, 15) is 17.6 Å². The van der Waals surface area contributed by atoms with E-state index in [0.29, 0.717) is 5.56 Å². The van der Waals surface area contributed by atoms with Gasteiger partial charge in [0.15, 0.2) is 0 Å². The van der Waals surface area contributed by atoms with Crippen LogP contribution in [0.25, 0.3) is 6.08 Å². The SMILES string of the molecule is O=C(O)C=Cc1ccc(F)c(CNS(=O)(=O)CC2CC2)c1. The fraction of sp³-hybridized carbons (Fsp3) is 0.357. The molecule has 0 bridgehead atoms. The van der Waals surface area contributed by atoms with Gasteiger partial charge in [-0.3, -0.25) is 0 Å². The number of carbonyl (C=O) groups is 1. The Kier molecular flexibility index (Phi) is 4.74. The van der Waals surface area contributed by atoms with Gasteiger partial charge in [0.25, 0.3) is 0 Å². The average molecular weight is 313 g/mol. The lowest BCUT2D eigenvalue weighted by molar-refractivity contribution is -0.131. The molecule has 21 heavy (non-hydrogen) atoms. The number of nitrogens with one attached hydrogen (secondary N) is 1. The molecule has 0 aliphatic heterocycles. The van der Waals surface area contributed by atoms with Crippen molar-refractivity contribution in [1.82, 2.24) is 4.72 Å². The van der Waals surface area contributed by atoms with E-state index in [1.165, 1.54) is 24.3 Å². The Bertz CT molecular complexity index is 666. The van der Waals surface area contributed by atoms with E-state index in [4.69, 9.17) is 5.11 Å². The van der Waals surface area contributed by atoms with Crippen molar-refractivity contribution in [3.63, 3.8) is 0 Å². The first-order valence-corrected chi connectivity index (χ1v) is 8.18. The second kappa shape index (κ2) is 6.36. The highest BCUT2D eigenvalue weighted by atomic mass is 32.2. The molecule has 0 spiro atoms. The third-order valence-corrected chi connectivity index (χ3v) is 4.62. The third-order valence-electron chi connectivity index (χ3n) is 3.12. The van der Waals surface area contributed by atoms with Crippen molar-refractivity contribution in [2.45, 2.75) is 19.4 Å². The summed E-state index contributed by atoms with van der Waals surface area (Å²) in [5.41, 5.74) is 0.678. The number of benzene rings is 1. The Morgan fingerprint density at radius 2 is 2.14 bits per heavy atom. The van der Waals surface area contributed by atoms with Crippen LogP contribution >= 0.6 is 0 Å². The molecule has 5 nitrogen and oxygen atoms in total. The molecule has 1 fully saturated rings. The van der Waals surface area contributed by atoms with E-state index in [1.54, 1.807) is 0 Å². The molecule has 0 heterocycles. The maximum Gasteiger partial charge on any atom is 0.328 e. The first-order valence-electron chi connectivity index (χ1n) is 6.52. The number of halogens is 1. The van der Waals surface area contributed by atoms with Crippen LogP contribution in [-0.2, 0) is 21.4 Å². The number of hydrogen-bond acceptors (Lipinski definition) is 3. The van der Waals surface area contributed by atoms with E-state index < -0.39 is 21.8 Å². The minimum absolute atomic E-state index is 0.0766. The predicted octanol–water partition coefficient (Wildman–Crippen LogP) is 1.75. The molecule has 114 valence electrons. The highest BCUT2D eigenvalue weighted by Gasteiger charge is 2.27. The first-order chi connectivity index (χ1) is 9.85. The molecule has 7 heteroatoms. The van der Waals surface area contributed by atoms with Crippen LogP contribution in [0.4, 0.5) is 4.39 Å². The van der Waals surface area contributed by atoms with Crippen molar-refractivity contribution < 1.29 is 22.7 Å². The van der Waals surface area contributed by atoms with Crippen LogP contribution in [0.15, 0.2) is 24.3 Å². The predicted molar refractivity (Wildman–Crippen MR) is 76.4 cm³/mol. The van der Waals surface area contributed by atoms with Crippen LogP contribution in [0.5, 0.6) is 0 Å². The van der Waals surface area contributed by atoms with Gasteiger partial charge in [0.2, 0.25) is 10.0 Å². The fourth-order valence-electron chi connectivity index (χ4n) is 1.84. The fourth-order valence-corrected chi connectivity index (χ4v) is 3.29. The summed E-state index contributed by atoms with van der Waals surface area (Å²) in [6.07, 6.45) is 4.10. The van der Waals surface area contributed by atoms with Crippen LogP contribution in [0, 0.1) is 11.7 Å². The Morgan fingerprint density at radius 1 is 1.43 bits per heavy atom. The third kappa shape index (κ3) is 5.28. The minimum Gasteiger partial charge on any atom is -0.478 e. The largest absolute Gasteiger partial charge is 0.478 e. The monoisotopic (exact) mass is 313 g/mol. The molecular weight excluding hydrogens is 297 g/mol. The minimum atomic E-state index is -3.40. The zero-order valence-corrected chi connectivity index (χ0v) is 12.1. The summed E-state index contributed by atoms with van der Waals surface area (Å²) in [4.78, 5) is 10.4. The Labute approximate surface area is 122 Å². The molecule has 1 aromatic rings.